The van der Waals surface area contributed by atoms with Gasteiger partial charge in [-0.25, -0.2) is 0 Å². The maximum absolute atomic E-state index is 9.88. The fraction of sp³-hybridized carbons (Fsp3) is 0.909. The van der Waals surface area contributed by atoms with Gasteiger partial charge in [-0.1, -0.05) is 24.0 Å². The first kappa shape index (κ1) is 17.1. The Morgan fingerprint density at radius 3 is 2.21 bits per heavy atom. The van der Waals surface area contributed by atoms with Crippen LogP contribution < -0.4 is 0 Å². The molecule has 5 atom stereocenters. The lowest BCUT2D eigenvalue weighted by Gasteiger charge is -2.40. The van der Waals surface area contributed by atoms with Crippen LogP contribution in [0.1, 0.15) is 13.8 Å². The summed E-state index contributed by atoms with van der Waals surface area (Å²) in [5, 5.41) is 38.3. The van der Waals surface area contributed by atoms with E-state index in [0.717, 1.165) is 24.9 Å². The molecule has 1 rings (SSSR count). The van der Waals surface area contributed by atoms with E-state index in [0.29, 0.717) is 4.32 Å². The number of aliphatic hydroxyl groups is 4. The van der Waals surface area contributed by atoms with E-state index in [2.05, 4.69) is 0 Å². The molecule has 6 nitrogen and oxygen atoms in total. The second-order valence-electron chi connectivity index (χ2n) is 4.25. The molecule has 1 aliphatic rings. The van der Waals surface area contributed by atoms with Crippen LogP contribution in [0.25, 0.3) is 0 Å². The van der Waals surface area contributed by atoms with E-state index in [1.165, 1.54) is 0 Å². The van der Waals surface area contributed by atoms with Gasteiger partial charge in [0.25, 0.3) is 0 Å². The number of rotatable bonds is 4. The van der Waals surface area contributed by atoms with Gasteiger partial charge in [0.05, 0.1) is 6.61 Å². The van der Waals surface area contributed by atoms with Crippen molar-refractivity contribution in [3.8, 4) is 0 Å². The Kier molecular flexibility index (Phi) is 6.95. The molecule has 0 bridgehead atoms. The zero-order valence-corrected chi connectivity index (χ0v) is 12.6. The van der Waals surface area contributed by atoms with Gasteiger partial charge in [0.1, 0.15) is 34.2 Å². The normalized spacial score (nSPS) is 35.2. The highest BCUT2D eigenvalue weighted by atomic mass is 32.2. The van der Waals surface area contributed by atoms with Crippen LogP contribution in [0.3, 0.4) is 0 Å². The molecular weight excluding hydrogens is 290 g/mol. The highest BCUT2D eigenvalue weighted by Crippen LogP contribution is 2.30. The molecule has 1 fully saturated rings. The van der Waals surface area contributed by atoms with Crippen LogP contribution in [0.2, 0.25) is 0 Å². The number of aliphatic hydroxyl groups excluding tert-OH is 4. The molecule has 0 aromatic rings. The summed E-state index contributed by atoms with van der Waals surface area (Å²) in [6.07, 6.45) is -4.84. The molecule has 0 spiro atoms. The number of hydrogen-bond acceptors (Lipinski definition) is 7. The number of thioether (sulfide) groups is 1. The third-order valence-electron chi connectivity index (χ3n) is 3.09. The van der Waals surface area contributed by atoms with Crippen molar-refractivity contribution >= 4 is 28.3 Å². The highest BCUT2D eigenvalue weighted by Gasteiger charge is 2.44. The maximum Gasteiger partial charge on any atom is 0.139 e. The van der Waals surface area contributed by atoms with Gasteiger partial charge in [-0.3, -0.25) is 0 Å². The summed E-state index contributed by atoms with van der Waals surface area (Å²) in [5.74, 6) is 0. The summed E-state index contributed by atoms with van der Waals surface area (Å²) < 4.78 is 5.93. The van der Waals surface area contributed by atoms with Crippen molar-refractivity contribution in [1.29, 1.82) is 0 Å². The fourth-order valence-corrected chi connectivity index (χ4v) is 3.47. The molecule has 0 aromatic carbocycles. The number of nitrogens with zero attached hydrogens (tertiary/aromatic N) is 1. The molecular formula is C11H21NO5S2. The van der Waals surface area contributed by atoms with Gasteiger partial charge in [-0.2, -0.15) is 0 Å². The first-order chi connectivity index (χ1) is 8.96. The molecule has 1 heterocycles. The van der Waals surface area contributed by atoms with Crippen LogP contribution in [0.4, 0.5) is 0 Å². The molecule has 8 heteroatoms. The van der Waals surface area contributed by atoms with Crippen molar-refractivity contribution in [2.75, 3.05) is 19.7 Å². The van der Waals surface area contributed by atoms with E-state index < -0.39 is 36.5 Å². The van der Waals surface area contributed by atoms with Gasteiger partial charge in [0.2, 0.25) is 0 Å². The zero-order valence-electron chi connectivity index (χ0n) is 11.0. The van der Waals surface area contributed by atoms with Crippen molar-refractivity contribution < 1.29 is 25.2 Å². The van der Waals surface area contributed by atoms with E-state index in [1.54, 1.807) is 0 Å². The second kappa shape index (κ2) is 7.72. The molecule has 1 saturated heterocycles. The molecule has 0 radical (unpaired) electrons. The summed E-state index contributed by atoms with van der Waals surface area (Å²) in [6, 6.07) is 0. The van der Waals surface area contributed by atoms with Crippen LogP contribution in [-0.4, -0.2) is 79.2 Å². The Bertz CT molecular complexity index is 301. The number of ether oxygens (including phenoxy) is 1. The highest BCUT2D eigenvalue weighted by molar-refractivity contribution is 8.23. The second-order valence-corrected chi connectivity index (χ2v) is 5.99. The quantitative estimate of drug-likeness (QED) is 0.499. The van der Waals surface area contributed by atoms with Crippen LogP contribution in [0.15, 0.2) is 0 Å². The Labute approximate surface area is 122 Å². The Morgan fingerprint density at radius 1 is 1.16 bits per heavy atom. The summed E-state index contributed by atoms with van der Waals surface area (Å²) >= 11 is 6.36. The predicted molar refractivity (Wildman–Crippen MR) is 76.9 cm³/mol. The van der Waals surface area contributed by atoms with Crippen molar-refractivity contribution in [3.63, 3.8) is 0 Å². The predicted octanol–water partition coefficient (Wildman–Crippen LogP) is -0.854. The molecule has 0 amide bonds. The fourth-order valence-electron chi connectivity index (χ4n) is 1.82. The van der Waals surface area contributed by atoms with E-state index in [4.69, 9.17) is 22.1 Å². The average Bonchev–Trinajstić information content (AvgIpc) is 2.40. The molecule has 112 valence electrons. The Balaban J connectivity index is 2.69. The van der Waals surface area contributed by atoms with Gasteiger partial charge in [-0.15, -0.1) is 0 Å². The molecule has 4 N–H and O–H groups in total. The molecule has 4 unspecified atom stereocenters. The van der Waals surface area contributed by atoms with E-state index >= 15 is 0 Å². The van der Waals surface area contributed by atoms with E-state index in [1.807, 2.05) is 18.7 Å². The van der Waals surface area contributed by atoms with Crippen molar-refractivity contribution in [1.82, 2.24) is 4.90 Å². The SMILES string of the molecule is CCN(CC)C(=S)SC1OC(CO)[C@@H](O)C(O)C1O. The van der Waals surface area contributed by atoms with Crippen molar-refractivity contribution in [2.45, 2.75) is 43.7 Å². The monoisotopic (exact) mass is 311 g/mol. The lowest BCUT2D eigenvalue weighted by molar-refractivity contribution is -0.205. The van der Waals surface area contributed by atoms with Crippen molar-refractivity contribution in [2.24, 2.45) is 0 Å². The van der Waals surface area contributed by atoms with Gasteiger partial charge in [0.15, 0.2) is 0 Å². The Hall–Kier alpha value is 0.0400. The van der Waals surface area contributed by atoms with Gasteiger partial charge in [0, 0.05) is 13.1 Å². The number of hydrogen-bond donors (Lipinski definition) is 4. The third-order valence-corrected chi connectivity index (χ3v) is 4.72. The largest absolute Gasteiger partial charge is 0.394 e. The van der Waals surface area contributed by atoms with Crippen LogP contribution in [-0.2, 0) is 4.74 Å². The topological polar surface area (TPSA) is 93.4 Å². The van der Waals surface area contributed by atoms with Crippen LogP contribution in [0, 0.1) is 0 Å². The Morgan fingerprint density at radius 2 is 1.74 bits per heavy atom. The lowest BCUT2D eigenvalue weighted by atomic mass is 10.0. The van der Waals surface area contributed by atoms with Crippen LogP contribution >= 0.6 is 24.0 Å². The van der Waals surface area contributed by atoms with Gasteiger partial charge >= 0.3 is 0 Å². The van der Waals surface area contributed by atoms with E-state index in [9.17, 15) is 15.3 Å². The first-order valence-corrected chi connectivity index (χ1v) is 7.51. The third kappa shape index (κ3) is 4.01. The lowest BCUT2D eigenvalue weighted by Crippen LogP contribution is -2.57. The smallest absolute Gasteiger partial charge is 0.139 e. The minimum absolute atomic E-state index is 0.431. The first-order valence-electron chi connectivity index (χ1n) is 6.22. The minimum Gasteiger partial charge on any atom is -0.394 e. The maximum atomic E-state index is 9.88. The van der Waals surface area contributed by atoms with Crippen LogP contribution in [0.5, 0.6) is 0 Å². The van der Waals surface area contributed by atoms with Crippen molar-refractivity contribution in [3.05, 3.63) is 0 Å². The van der Waals surface area contributed by atoms with E-state index in [-0.39, 0.29) is 0 Å². The summed E-state index contributed by atoms with van der Waals surface area (Å²) in [7, 11) is 0. The molecule has 0 aromatic heterocycles. The summed E-state index contributed by atoms with van der Waals surface area (Å²) in [4.78, 5) is 1.92. The summed E-state index contributed by atoms with van der Waals surface area (Å²) in [6.45, 7) is 4.97. The van der Waals surface area contributed by atoms with Gasteiger partial charge < -0.3 is 30.1 Å². The molecule has 0 aliphatic carbocycles. The summed E-state index contributed by atoms with van der Waals surface area (Å²) in [5.41, 5.74) is -0.802. The minimum atomic E-state index is -1.36. The molecule has 1 aliphatic heterocycles. The number of thiocarbonyl (C=S) groups is 1. The zero-order chi connectivity index (χ0) is 14.6. The van der Waals surface area contributed by atoms with Gasteiger partial charge in [-0.05, 0) is 13.8 Å². The molecule has 0 saturated carbocycles. The average molecular weight is 311 g/mol. The standard InChI is InChI=1S/C11H21NO5S2/c1-3-12(4-2)11(18)19-10-9(16)8(15)7(14)6(5-13)17-10/h6-10,13-16H,3-5H2,1-2H3/t6?,7-,8?,9?,10?/m1/s1. The molecule has 19 heavy (non-hydrogen) atoms.